The van der Waals surface area contributed by atoms with E-state index in [-0.39, 0.29) is 23.1 Å². The normalized spacial score (nSPS) is 22.9. The number of nitrogens with one attached hydrogen (secondary N) is 1. The van der Waals surface area contributed by atoms with Crippen molar-refractivity contribution in [1.82, 2.24) is 10.2 Å². The van der Waals surface area contributed by atoms with Crippen LogP contribution in [-0.2, 0) is 16.0 Å². The van der Waals surface area contributed by atoms with E-state index in [1.54, 1.807) is 11.8 Å². The molecule has 4 nitrogen and oxygen atoms in total. The second-order valence-electron chi connectivity index (χ2n) is 6.43. The van der Waals surface area contributed by atoms with Gasteiger partial charge in [0.1, 0.15) is 0 Å². The number of thioether (sulfide) groups is 1. The average Bonchev–Trinajstić information content (AvgIpc) is 2.98. The summed E-state index contributed by atoms with van der Waals surface area (Å²) in [6, 6.07) is 17.9. The summed E-state index contributed by atoms with van der Waals surface area (Å²) in [5.41, 5.74) is 2.26. The van der Waals surface area contributed by atoms with Gasteiger partial charge in [-0.3, -0.25) is 9.59 Å². The van der Waals surface area contributed by atoms with Crippen LogP contribution in [-0.4, -0.2) is 35.1 Å². The SMILES string of the molecule is O=C1CC(c2ccccc2)N(C(=O)C2Cc3ccccc3S2)CCN1. The molecular weight excluding hydrogens is 332 g/mol. The van der Waals surface area contributed by atoms with Crippen LogP contribution in [0.15, 0.2) is 59.5 Å². The number of rotatable bonds is 2. The van der Waals surface area contributed by atoms with Crippen molar-refractivity contribution in [1.29, 1.82) is 0 Å². The van der Waals surface area contributed by atoms with Gasteiger partial charge in [0, 0.05) is 18.0 Å². The lowest BCUT2D eigenvalue weighted by Crippen LogP contribution is -2.41. The topological polar surface area (TPSA) is 49.4 Å². The Morgan fingerprint density at radius 3 is 2.60 bits per heavy atom. The lowest BCUT2D eigenvalue weighted by atomic mass is 10.0. The average molecular weight is 352 g/mol. The Hall–Kier alpha value is -2.27. The first-order valence-corrected chi connectivity index (χ1v) is 9.47. The maximum absolute atomic E-state index is 13.3. The third-order valence-electron chi connectivity index (χ3n) is 4.82. The molecule has 2 heterocycles. The molecular formula is C20H20N2O2S. The van der Waals surface area contributed by atoms with Gasteiger partial charge in [0.15, 0.2) is 0 Å². The fraction of sp³-hybridized carbons (Fsp3) is 0.300. The van der Waals surface area contributed by atoms with E-state index in [1.807, 2.05) is 47.4 Å². The monoisotopic (exact) mass is 352 g/mol. The van der Waals surface area contributed by atoms with E-state index in [0.717, 1.165) is 12.0 Å². The van der Waals surface area contributed by atoms with E-state index in [2.05, 4.69) is 17.4 Å². The molecule has 2 aromatic carbocycles. The maximum atomic E-state index is 13.3. The second-order valence-corrected chi connectivity index (χ2v) is 7.68. The van der Waals surface area contributed by atoms with Gasteiger partial charge >= 0.3 is 0 Å². The van der Waals surface area contributed by atoms with Gasteiger partial charge in [0.05, 0.1) is 17.7 Å². The second kappa shape index (κ2) is 6.92. The van der Waals surface area contributed by atoms with E-state index in [1.165, 1.54) is 10.5 Å². The van der Waals surface area contributed by atoms with Crippen molar-refractivity contribution in [2.75, 3.05) is 13.1 Å². The molecule has 0 bridgehead atoms. The molecule has 5 heteroatoms. The van der Waals surface area contributed by atoms with Gasteiger partial charge in [-0.1, -0.05) is 48.5 Å². The molecule has 0 aromatic heterocycles. The van der Waals surface area contributed by atoms with Gasteiger partial charge < -0.3 is 10.2 Å². The molecule has 2 atom stereocenters. The van der Waals surface area contributed by atoms with Crippen molar-refractivity contribution in [3.8, 4) is 0 Å². The van der Waals surface area contributed by atoms with Gasteiger partial charge in [0.25, 0.3) is 0 Å². The summed E-state index contributed by atoms with van der Waals surface area (Å²) >= 11 is 1.65. The highest BCUT2D eigenvalue weighted by Crippen LogP contribution is 2.39. The maximum Gasteiger partial charge on any atom is 0.236 e. The molecule has 2 amide bonds. The van der Waals surface area contributed by atoms with Crippen LogP contribution in [0, 0.1) is 0 Å². The minimum absolute atomic E-state index is 0.00603. The van der Waals surface area contributed by atoms with Crippen LogP contribution in [0.25, 0.3) is 0 Å². The molecule has 1 N–H and O–H groups in total. The summed E-state index contributed by atoms with van der Waals surface area (Å²) in [5, 5.41) is 2.80. The highest BCUT2D eigenvalue weighted by atomic mass is 32.2. The number of hydrogen-bond donors (Lipinski definition) is 1. The zero-order valence-electron chi connectivity index (χ0n) is 13.9. The number of carbonyl (C=O) groups is 2. The molecule has 2 aliphatic heterocycles. The molecule has 128 valence electrons. The summed E-state index contributed by atoms with van der Waals surface area (Å²) in [6.07, 6.45) is 1.08. The largest absolute Gasteiger partial charge is 0.354 e. The van der Waals surface area contributed by atoms with E-state index >= 15 is 0 Å². The summed E-state index contributed by atoms with van der Waals surface area (Å²) in [6.45, 7) is 1.07. The molecule has 4 rings (SSSR count). The van der Waals surface area contributed by atoms with Crippen LogP contribution in [0.2, 0.25) is 0 Å². The fourth-order valence-corrected chi connectivity index (χ4v) is 4.84. The molecule has 1 fully saturated rings. The Bertz CT molecular complexity index is 768. The van der Waals surface area contributed by atoms with Crippen molar-refractivity contribution < 1.29 is 9.59 Å². The lowest BCUT2D eigenvalue weighted by Gasteiger charge is -2.31. The molecule has 0 radical (unpaired) electrons. The number of hydrogen-bond acceptors (Lipinski definition) is 3. The lowest BCUT2D eigenvalue weighted by molar-refractivity contribution is -0.133. The highest BCUT2D eigenvalue weighted by molar-refractivity contribution is 8.01. The van der Waals surface area contributed by atoms with Crippen molar-refractivity contribution in [2.45, 2.75) is 29.0 Å². The molecule has 2 aromatic rings. The van der Waals surface area contributed by atoms with Crippen molar-refractivity contribution in [3.05, 3.63) is 65.7 Å². The van der Waals surface area contributed by atoms with Crippen LogP contribution in [0.1, 0.15) is 23.6 Å². The first kappa shape index (κ1) is 16.2. The van der Waals surface area contributed by atoms with E-state index < -0.39 is 0 Å². The standard InChI is InChI=1S/C20H20N2O2S/c23-19-13-16(14-6-2-1-3-7-14)22(11-10-21-19)20(24)18-12-15-8-4-5-9-17(15)25-18/h1-9,16,18H,10-13H2,(H,21,23). The molecule has 2 aliphatic rings. The van der Waals surface area contributed by atoms with Gasteiger partial charge in [-0.15, -0.1) is 11.8 Å². The van der Waals surface area contributed by atoms with Crippen molar-refractivity contribution >= 4 is 23.6 Å². The summed E-state index contributed by atoms with van der Waals surface area (Å²) < 4.78 is 0. The van der Waals surface area contributed by atoms with Crippen LogP contribution < -0.4 is 5.32 Å². The Morgan fingerprint density at radius 2 is 1.80 bits per heavy atom. The van der Waals surface area contributed by atoms with Gasteiger partial charge in [-0.05, 0) is 23.6 Å². The first-order valence-electron chi connectivity index (χ1n) is 8.59. The van der Waals surface area contributed by atoms with E-state index in [9.17, 15) is 9.59 Å². The highest BCUT2D eigenvalue weighted by Gasteiger charge is 2.36. The number of benzene rings is 2. The third-order valence-corrected chi connectivity index (χ3v) is 6.12. The fourth-order valence-electron chi connectivity index (χ4n) is 3.57. The Labute approximate surface area is 151 Å². The molecule has 0 saturated carbocycles. The van der Waals surface area contributed by atoms with Crippen LogP contribution in [0.4, 0.5) is 0 Å². The van der Waals surface area contributed by atoms with Gasteiger partial charge in [-0.25, -0.2) is 0 Å². The predicted octanol–water partition coefficient (Wildman–Crippen LogP) is 2.79. The zero-order chi connectivity index (χ0) is 17.2. The molecule has 25 heavy (non-hydrogen) atoms. The number of carbonyl (C=O) groups excluding carboxylic acids is 2. The zero-order valence-corrected chi connectivity index (χ0v) is 14.7. The summed E-state index contributed by atoms with van der Waals surface area (Å²) in [4.78, 5) is 28.5. The van der Waals surface area contributed by atoms with Gasteiger partial charge in [0.2, 0.25) is 11.8 Å². The van der Waals surface area contributed by atoms with E-state index in [4.69, 9.17) is 0 Å². The quantitative estimate of drug-likeness (QED) is 0.904. The van der Waals surface area contributed by atoms with Crippen LogP contribution in [0.3, 0.4) is 0 Å². The minimum Gasteiger partial charge on any atom is -0.354 e. The van der Waals surface area contributed by atoms with Crippen molar-refractivity contribution in [3.63, 3.8) is 0 Å². The third kappa shape index (κ3) is 3.29. The van der Waals surface area contributed by atoms with Crippen LogP contribution in [0.5, 0.6) is 0 Å². The molecule has 0 aliphatic carbocycles. The van der Waals surface area contributed by atoms with Crippen LogP contribution >= 0.6 is 11.8 Å². The first-order chi connectivity index (χ1) is 12.2. The minimum atomic E-state index is -0.194. The smallest absolute Gasteiger partial charge is 0.236 e. The Balaban J connectivity index is 1.60. The molecule has 0 spiro atoms. The molecule has 2 unspecified atom stereocenters. The Kier molecular flexibility index (Phi) is 4.49. The molecule has 1 saturated heterocycles. The number of amides is 2. The van der Waals surface area contributed by atoms with Crippen molar-refractivity contribution in [2.24, 2.45) is 0 Å². The summed E-state index contributed by atoms with van der Waals surface area (Å²) in [5.74, 6) is 0.137. The number of fused-ring (bicyclic) bond motifs is 1. The van der Waals surface area contributed by atoms with Gasteiger partial charge in [-0.2, -0.15) is 0 Å². The number of nitrogens with zero attached hydrogens (tertiary/aromatic N) is 1. The Morgan fingerprint density at radius 1 is 1.04 bits per heavy atom. The predicted molar refractivity (Wildman–Crippen MR) is 98.3 cm³/mol. The summed E-state index contributed by atoms with van der Waals surface area (Å²) in [7, 11) is 0. The van der Waals surface area contributed by atoms with E-state index in [0.29, 0.717) is 19.5 Å².